The standard InChI is InChI=1S/C29H32N2O8/c1-31-27(16-8-10-20(34-2)22(12-16)36-4)26(18-14-24(38-6)25(39-7)15-19(18)29(31)33)28(32)30-17-9-11-21(35-3)23(13-17)37-5/h8-15,26-27H,1-7H3,(H,30,32)/t26-,27-/m0/s1. The molecule has 4 rings (SSSR count). The molecule has 0 unspecified atom stereocenters. The first-order valence-corrected chi connectivity index (χ1v) is 12.1. The Morgan fingerprint density at radius 3 is 1.79 bits per heavy atom. The topological polar surface area (TPSA) is 105 Å². The van der Waals surface area contributed by atoms with Crippen LogP contribution in [0.4, 0.5) is 5.69 Å². The van der Waals surface area contributed by atoms with E-state index in [0.717, 1.165) is 0 Å². The third-order valence-corrected chi connectivity index (χ3v) is 6.86. The Balaban J connectivity index is 1.88. The van der Waals surface area contributed by atoms with Gasteiger partial charge < -0.3 is 38.6 Å². The summed E-state index contributed by atoms with van der Waals surface area (Å²) in [7, 11) is 10.8. The monoisotopic (exact) mass is 536 g/mol. The molecule has 1 aliphatic rings. The molecule has 2 atom stereocenters. The Morgan fingerprint density at radius 2 is 1.21 bits per heavy atom. The van der Waals surface area contributed by atoms with Gasteiger partial charge in [0.25, 0.3) is 5.91 Å². The summed E-state index contributed by atoms with van der Waals surface area (Å²) in [6.45, 7) is 0. The zero-order chi connectivity index (χ0) is 28.3. The van der Waals surface area contributed by atoms with Crippen LogP contribution in [-0.4, -0.2) is 66.4 Å². The van der Waals surface area contributed by atoms with Gasteiger partial charge in [0, 0.05) is 24.4 Å². The second-order valence-corrected chi connectivity index (χ2v) is 8.81. The summed E-state index contributed by atoms with van der Waals surface area (Å²) < 4.78 is 32.6. The number of carbonyl (C=O) groups excluding carboxylic acids is 2. The average molecular weight is 537 g/mol. The number of hydrogen-bond acceptors (Lipinski definition) is 8. The molecule has 0 spiro atoms. The fraction of sp³-hybridized carbons (Fsp3) is 0.310. The summed E-state index contributed by atoms with van der Waals surface area (Å²) in [4.78, 5) is 29.3. The van der Waals surface area contributed by atoms with Crippen LogP contribution < -0.4 is 33.7 Å². The van der Waals surface area contributed by atoms with Crippen molar-refractivity contribution in [3.05, 3.63) is 65.2 Å². The number of anilines is 1. The largest absolute Gasteiger partial charge is 0.493 e. The summed E-state index contributed by atoms with van der Waals surface area (Å²) >= 11 is 0. The molecule has 0 fully saturated rings. The number of hydrogen-bond donors (Lipinski definition) is 1. The zero-order valence-electron chi connectivity index (χ0n) is 23.0. The molecule has 2 amide bonds. The molecule has 0 saturated carbocycles. The van der Waals surface area contributed by atoms with Gasteiger partial charge in [-0.15, -0.1) is 0 Å². The predicted octanol–water partition coefficient (Wildman–Crippen LogP) is 4.29. The lowest BCUT2D eigenvalue weighted by atomic mass is 9.79. The average Bonchev–Trinajstić information content (AvgIpc) is 2.97. The molecule has 3 aromatic carbocycles. The van der Waals surface area contributed by atoms with Gasteiger partial charge in [0.2, 0.25) is 5.91 Å². The molecular formula is C29H32N2O8. The lowest BCUT2D eigenvalue weighted by molar-refractivity contribution is -0.119. The smallest absolute Gasteiger partial charge is 0.254 e. The number of methoxy groups -OCH3 is 6. The van der Waals surface area contributed by atoms with Gasteiger partial charge in [0.15, 0.2) is 34.5 Å². The summed E-state index contributed by atoms with van der Waals surface area (Å²) in [5.41, 5.74) is 2.05. The van der Waals surface area contributed by atoms with Crippen LogP contribution in [0.3, 0.4) is 0 Å². The van der Waals surface area contributed by atoms with Gasteiger partial charge in [0.05, 0.1) is 54.6 Å². The predicted molar refractivity (Wildman–Crippen MR) is 145 cm³/mol. The SMILES string of the molecule is COc1ccc(NC(=O)[C@H]2c3cc(OC)c(OC)cc3C(=O)N(C)[C@H]2c2ccc(OC)c(OC)c2)cc1OC. The van der Waals surface area contributed by atoms with Crippen LogP contribution in [0.15, 0.2) is 48.5 Å². The van der Waals surface area contributed by atoms with E-state index in [1.165, 1.54) is 35.5 Å². The first-order valence-electron chi connectivity index (χ1n) is 12.1. The van der Waals surface area contributed by atoms with E-state index < -0.39 is 12.0 Å². The van der Waals surface area contributed by atoms with Crippen LogP contribution in [-0.2, 0) is 4.79 Å². The van der Waals surface area contributed by atoms with Crippen molar-refractivity contribution in [1.82, 2.24) is 4.90 Å². The fourth-order valence-corrected chi connectivity index (χ4v) is 4.92. The molecule has 10 nitrogen and oxygen atoms in total. The van der Waals surface area contributed by atoms with E-state index in [1.807, 2.05) is 6.07 Å². The van der Waals surface area contributed by atoms with Crippen molar-refractivity contribution in [2.45, 2.75) is 12.0 Å². The number of carbonyl (C=O) groups is 2. The quantitative estimate of drug-likeness (QED) is 0.432. The maximum absolute atomic E-state index is 14.1. The van der Waals surface area contributed by atoms with Gasteiger partial charge in [-0.3, -0.25) is 9.59 Å². The summed E-state index contributed by atoms with van der Waals surface area (Å²) in [6, 6.07) is 13.1. The highest BCUT2D eigenvalue weighted by Crippen LogP contribution is 2.47. The third kappa shape index (κ3) is 4.97. The van der Waals surface area contributed by atoms with Crippen molar-refractivity contribution in [2.24, 2.45) is 0 Å². The summed E-state index contributed by atoms with van der Waals surface area (Å²) in [5, 5.41) is 2.99. The van der Waals surface area contributed by atoms with Crippen LogP contribution in [0.5, 0.6) is 34.5 Å². The highest BCUT2D eigenvalue weighted by Gasteiger charge is 2.44. The van der Waals surface area contributed by atoms with Crippen molar-refractivity contribution in [3.8, 4) is 34.5 Å². The molecular weight excluding hydrogens is 504 g/mol. The number of nitrogens with zero attached hydrogens (tertiary/aromatic N) is 1. The van der Waals surface area contributed by atoms with Gasteiger partial charge in [-0.2, -0.15) is 0 Å². The highest BCUT2D eigenvalue weighted by molar-refractivity contribution is 6.05. The highest BCUT2D eigenvalue weighted by atomic mass is 16.5. The first kappa shape index (κ1) is 27.4. The third-order valence-electron chi connectivity index (χ3n) is 6.86. The second-order valence-electron chi connectivity index (χ2n) is 8.81. The van der Waals surface area contributed by atoms with E-state index >= 15 is 0 Å². The molecule has 39 heavy (non-hydrogen) atoms. The molecule has 0 aliphatic carbocycles. The number of amides is 2. The van der Waals surface area contributed by atoms with Crippen LogP contribution in [0.2, 0.25) is 0 Å². The molecule has 0 aromatic heterocycles. The van der Waals surface area contributed by atoms with Crippen LogP contribution in [0.1, 0.15) is 33.4 Å². The van der Waals surface area contributed by atoms with Gasteiger partial charge in [0.1, 0.15) is 0 Å². The van der Waals surface area contributed by atoms with E-state index in [0.29, 0.717) is 56.9 Å². The Morgan fingerprint density at radius 1 is 0.692 bits per heavy atom. The lowest BCUT2D eigenvalue weighted by Crippen LogP contribution is -2.44. The van der Waals surface area contributed by atoms with Crippen LogP contribution in [0, 0.1) is 0 Å². The van der Waals surface area contributed by atoms with Crippen molar-refractivity contribution in [1.29, 1.82) is 0 Å². The van der Waals surface area contributed by atoms with E-state index in [4.69, 9.17) is 28.4 Å². The van der Waals surface area contributed by atoms with Crippen molar-refractivity contribution in [3.63, 3.8) is 0 Å². The number of benzene rings is 3. The summed E-state index contributed by atoms with van der Waals surface area (Å²) in [6.07, 6.45) is 0. The number of rotatable bonds is 9. The molecule has 0 bridgehead atoms. The first-order chi connectivity index (χ1) is 18.8. The van der Waals surface area contributed by atoms with E-state index in [2.05, 4.69) is 5.32 Å². The maximum Gasteiger partial charge on any atom is 0.254 e. The fourth-order valence-electron chi connectivity index (χ4n) is 4.92. The van der Waals surface area contributed by atoms with E-state index in [9.17, 15) is 9.59 Å². The molecule has 1 heterocycles. The van der Waals surface area contributed by atoms with Gasteiger partial charge in [-0.05, 0) is 47.5 Å². The van der Waals surface area contributed by atoms with Gasteiger partial charge in [-0.1, -0.05) is 6.07 Å². The van der Waals surface area contributed by atoms with Crippen LogP contribution >= 0.6 is 0 Å². The van der Waals surface area contributed by atoms with E-state index in [-0.39, 0.29) is 11.8 Å². The molecule has 1 aliphatic heterocycles. The van der Waals surface area contributed by atoms with Crippen molar-refractivity contribution < 1.29 is 38.0 Å². The number of likely N-dealkylation sites (N-methyl/N-ethyl adjacent to an activating group) is 1. The van der Waals surface area contributed by atoms with Crippen molar-refractivity contribution in [2.75, 3.05) is 55.0 Å². The molecule has 0 saturated heterocycles. The van der Waals surface area contributed by atoms with Gasteiger partial charge in [-0.25, -0.2) is 0 Å². The van der Waals surface area contributed by atoms with Gasteiger partial charge >= 0.3 is 0 Å². The molecule has 10 heteroatoms. The lowest BCUT2D eigenvalue weighted by Gasteiger charge is -2.40. The Hall–Kier alpha value is -4.60. The van der Waals surface area contributed by atoms with Crippen molar-refractivity contribution >= 4 is 17.5 Å². The maximum atomic E-state index is 14.1. The minimum absolute atomic E-state index is 0.263. The summed E-state index contributed by atoms with van der Waals surface area (Å²) in [5.74, 6) is 1.38. The molecule has 1 N–H and O–H groups in total. The zero-order valence-corrected chi connectivity index (χ0v) is 23.0. The number of fused-ring (bicyclic) bond motifs is 1. The minimum atomic E-state index is -0.825. The normalized spacial score (nSPS) is 16.2. The minimum Gasteiger partial charge on any atom is -0.493 e. The number of ether oxygens (including phenoxy) is 6. The molecule has 3 aromatic rings. The van der Waals surface area contributed by atoms with Crippen LogP contribution in [0.25, 0.3) is 0 Å². The second kappa shape index (κ2) is 11.4. The Labute approximate surface area is 227 Å². The van der Waals surface area contributed by atoms with E-state index in [1.54, 1.807) is 61.5 Å². The number of nitrogens with one attached hydrogen (secondary N) is 1. The Kier molecular flexibility index (Phi) is 8.04. The Bertz CT molecular complexity index is 1390. The molecule has 0 radical (unpaired) electrons. The molecule has 206 valence electrons.